The SMILES string of the molecule is CCCn1c(-c2cncc(O)c2)nc2ccc(F)cc21. The molecule has 4 nitrogen and oxygen atoms in total. The van der Waals surface area contributed by atoms with E-state index in [0.29, 0.717) is 5.82 Å². The lowest BCUT2D eigenvalue weighted by atomic mass is 10.2. The third-order valence-electron chi connectivity index (χ3n) is 3.14. The van der Waals surface area contributed by atoms with Gasteiger partial charge in [0.2, 0.25) is 0 Å². The van der Waals surface area contributed by atoms with Crippen LogP contribution in [0.25, 0.3) is 22.4 Å². The van der Waals surface area contributed by atoms with E-state index in [2.05, 4.69) is 16.9 Å². The lowest BCUT2D eigenvalue weighted by molar-refractivity contribution is 0.473. The number of fused-ring (bicyclic) bond motifs is 1. The molecule has 0 bridgehead atoms. The van der Waals surface area contributed by atoms with Crippen molar-refractivity contribution >= 4 is 11.0 Å². The molecule has 2 heterocycles. The van der Waals surface area contributed by atoms with Gasteiger partial charge < -0.3 is 9.67 Å². The zero-order chi connectivity index (χ0) is 14.1. The molecule has 1 aromatic carbocycles. The lowest BCUT2D eigenvalue weighted by Gasteiger charge is -2.07. The second-order valence-electron chi connectivity index (χ2n) is 4.65. The molecule has 2 aromatic heterocycles. The highest BCUT2D eigenvalue weighted by molar-refractivity contribution is 5.80. The Morgan fingerprint density at radius 1 is 1.25 bits per heavy atom. The Morgan fingerprint density at radius 2 is 2.10 bits per heavy atom. The van der Waals surface area contributed by atoms with E-state index < -0.39 is 0 Å². The number of benzene rings is 1. The molecule has 0 aliphatic carbocycles. The summed E-state index contributed by atoms with van der Waals surface area (Å²) < 4.78 is 15.4. The van der Waals surface area contributed by atoms with Crippen LogP contribution in [0.5, 0.6) is 5.75 Å². The van der Waals surface area contributed by atoms with E-state index in [1.165, 1.54) is 18.3 Å². The summed E-state index contributed by atoms with van der Waals surface area (Å²) in [5.74, 6) is 0.495. The Hall–Kier alpha value is -2.43. The van der Waals surface area contributed by atoms with Gasteiger partial charge in [-0.05, 0) is 30.7 Å². The van der Waals surface area contributed by atoms with E-state index in [1.54, 1.807) is 18.3 Å². The Balaban J connectivity index is 2.26. The first-order valence-electron chi connectivity index (χ1n) is 6.49. The molecule has 0 spiro atoms. The van der Waals surface area contributed by atoms with E-state index in [4.69, 9.17) is 0 Å². The molecule has 5 heteroatoms. The number of pyridine rings is 1. The first-order valence-corrected chi connectivity index (χ1v) is 6.49. The summed E-state index contributed by atoms with van der Waals surface area (Å²) in [5, 5.41) is 9.55. The molecular formula is C15H14FN3O. The predicted molar refractivity (Wildman–Crippen MR) is 74.9 cm³/mol. The van der Waals surface area contributed by atoms with Crippen LogP contribution in [0.1, 0.15) is 13.3 Å². The highest BCUT2D eigenvalue weighted by atomic mass is 19.1. The minimum Gasteiger partial charge on any atom is -0.506 e. The molecule has 0 aliphatic rings. The van der Waals surface area contributed by atoms with E-state index in [1.807, 2.05) is 4.57 Å². The van der Waals surface area contributed by atoms with Gasteiger partial charge in [0.05, 0.1) is 17.2 Å². The molecule has 20 heavy (non-hydrogen) atoms. The van der Waals surface area contributed by atoms with Gasteiger partial charge in [0.15, 0.2) is 0 Å². The largest absolute Gasteiger partial charge is 0.506 e. The van der Waals surface area contributed by atoms with Crippen molar-refractivity contribution in [2.75, 3.05) is 0 Å². The summed E-state index contributed by atoms with van der Waals surface area (Å²) in [7, 11) is 0. The van der Waals surface area contributed by atoms with Gasteiger partial charge in [0.1, 0.15) is 17.4 Å². The number of hydrogen-bond donors (Lipinski definition) is 1. The summed E-state index contributed by atoms with van der Waals surface area (Å²) in [6, 6.07) is 6.15. The van der Waals surface area contributed by atoms with Crippen molar-refractivity contribution in [3.8, 4) is 17.1 Å². The summed E-state index contributed by atoms with van der Waals surface area (Å²) in [6.07, 6.45) is 3.92. The summed E-state index contributed by atoms with van der Waals surface area (Å²) in [4.78, 5) is 8.50. The average Bonchev–Trinajstić information content (AvgIpc) is 2.78. The van der Waals surface area contributed by atoms with Crippen LogP contribution in [0.15, 0.2) is 36.7 Å². The molecule has 0 radical (unpaired) electrons. The van der Waals surface area contributed by atoms with Crippen LogP contribution in [0.4, 0.5) is 4.39 Å². The molecule has 0 fully saturated rings. The molecule has 3 rings (SSSR count). The Morgan fingerprint density at radius 3 is 2.85 bits per heavy atom. The zero-order valence-electron chi connectivity index (χ0n) is 11.0. The minimum atomic E-state index is -0.282. The van der Waals surface area contributed by atoms with Crippen LogP contribution in [0.2, 0.25) is 0 Å². The fourth-order valence-electron chi connectivity index (χ4n) is 2.32. The minimum absolute atomic E-state index is 0.0868. The van der Waals surface area contributed by atoms with Crippen molar-refractivity contribution in [2.45, 2.75) is 19.9 Å². The molecule has 0 amide bonds. The number of aromatic hydroxyl groups is 1. The van der Waals surface area contributed by atoms with Crippen LogP contribution in [0.3, 0.4) is 0 Å². The highest BCUT2D eigenvalue weighted by Crippen LogP contribution is 2.27. The van der Waals surface area contributed by atoms with Crippen molar-refractivity contribution in [3.05, 3.63) is 42.5 Å². The van der Waals surface area contributed by atoms with Crippen LogP contribution < -0.4 is 0 Å². The van der Waals surface area contributed by atoms with Crippen LogP contribution >= 0.6 is 0 Å². The number of nitrogens with zero attached hydrogens (tertiary/aromatic N) is 3. The van der Waals surface area contributed by atoms with E-state index >= 15 is 0 Å². The Labute approximate surface area is 115 Å². The van der Waals surface area contributed by atoms with Gasteiger partial charge in [0.25, 0.3) is 0 Å². The van der Waals surface area contributed by atoms with Crippen molar-refractivity contribution in [1.29, 1.82) is 0 Å². The van der Waals surface area contributed by atoms with Gasteiger partial charge >= 0.3 is 0 Å². The van der Waals surface area contributed by atoms with Crippen molar-refractivity contribution < 1.29 is 9.50 Å². The quantitative estimate of drug-likeness (QED) is 0.794. The second-order valence-corrected chi connectivity index (χ2v) is 4.65. The first-order chi connectivity index (χ1) is 9.69. The van der Waals surface area contributed by atoms with Gasteiger partial charge in [0, 0.05) is 18.3 Å². The standard InChI is InChI=1S/C15H14FN3O/c1-2-5-19-14-7-11(16)3-4-13(14)18-15(19)10-6-12(20)9-17-8-10/h3-4,6-9,20H,2,5H2,1H3. The molecule has 0 saturated carbocycles. The summed E-state index contributed by atoms with van der Waals surface area (Å²) in [6.45, 7) is 2.78. The molecule has 0 unspecified atom stereocenters. The Kier molecular flexibility index (Phi) is 3.10. The molecular weight excluding hydrogens is 257 g/mol. The second kappa shape index (κ2) is 4.92. The first kappa shape index (κ1) is 12.6. The maximum absolute atomic E-state index is 13.4. The van der Waals surface area contributed by atoms with E-state index in [-0.39, 0.29) is 11.6 Å². The molecule has 1 N–H and O–H groups in total. The number of hydrogen-bond acceptors (Lipinski definition) is 3. The smallest absolute Gasteiger partial charge is 0.142 e. The topological polar surface area (TPSA) is 50.9 Å². The summed E-state index contributed by atoms with van der Waals surface area (Å²) in [5.41, 5.74) is 2.21. The third-order valence-corrected chi connectivity index (χ3v) is 3.14. The van der Waals surface area contributed by atoms with Gasteiger partial charge in [-0.1, -0.05) is 6.92 Å². The van der Waals surface area contributed by atoms with Gasteiger partial charge in [-0.3, -0.25) is 4.98 Å². The predicted octanol–water partition coefficient (Wildman–Crippen LogP) is 3.35. The maximum atomic E-state index is 13.4. The van der Waals surface area contributed by atoms with E-state index in [9.17, 15) is 9.50 Å². The number of aromatic nitrogens is 3. The fraction of sp³-hybridized carbons (Fsp3) is 0.200. The van der Waals surface area contributed by atoms with Gasteiger partial charge in [-0.2, -0.15) is 0 Å². The van der Waals surface area contributed by atoms with Gasteiger partial charge in [-0.15, -0.1) is 0 Å². The molecule has 0 aliphatic heterocycles. The number of imidazole rings is 1. The molecule has 102 valence electrons. The normalized spacial score (nSPS) is 11.1. The summed E-state index contributed by atoms with van der Waals surface area (Å²) >= 11 is 0. The fourth-order valence-corrected chi connectivity index (χ4v) is 2.32. The van der Waals surface area contributed by atoms with Crippen LogP contribution in [0, 0.1) is 5.82 Å². The van der Waals surface area contributed by atoms with Crippen molar-refractivity contribution in [2.24, 2.45) is 0 Å². The monoisotopic (exact) mass is 271 g/mol. The van der Waals surface area contributed by atoms with Crippen molar-refractivity contribution in [1.82, 2.24) is 14.5 Å². The van der Waals surface area contributed by atoms with Crippen molar-refractivity contribution in [3.63, 3.8) is 0 Å². The number of aryl methyl sites for hydroxylation is 1. The zero-order valence-corrected chi connectivity index (χ0v) is 11.0. The van der Waals surface area contributed by atoms with Gasteiger partial charge in [-0.25, -0.2) is 9.37 Å². The van der Waals surface area contributed by atoms with E-state index in [0.717, 1.165) is 29.6 Å². The third kappa shape index (κ3) is 2.11. The maximum Gasteiger partial charge on any atom is 0.142 e. The molecule has 0 saturated heterocycles. The number of halogens is 1. The molecule has 0 atom stereocenters. The van der Waals surface area contributed by atoms with Crippen LogP contribution in [-0.2, 0) is 6.54 Å². The van der Waals surface area contributed by atoms with Crippen LogP contribution in [-0.4, -0.2) is 19.6 Å². The lowest BCUT2D eigenvalue weighted by Crippen LogP contribution is -2.00. The molecule has 3 aromatic rings. The highest BCUT2D eigenvalue weighted by Gasteiger charge is 2.13. The number of rotatable bonds is 3. The Bertz CT molecular complexity index is 767. The average molecular weight is 271 g/mol.